The van der Waals surface area contributed by atoms with Crippen LogP contribution in [0.5, 0.6) is 0 Å². The summed E-state index contributed by atoms with van der Waals surface area (Å²) in [4.78, 5) is 44.4. The van der Waals surface area contributed by atoms with Gasteiger partial charge in [-0.25, -0.2) is 4.98 Å². The van der Waals surface area contributed by atoms with Crippen LogP contribution >= 0.6 is 0 Å². The lowest BCUT2D eigenvalue weighted by Crippen LogP contribution is -2.41. The van der Waals surface area contributed by atoms with Crippen molar-refractivity contribution in [2.45, 2.75) is 45.2 Å². The number of aryl methyl sites for hydroxylation is 1. The second-order valence-corrected chi connectivity index (χ2v) is 9.25. The maximum absolute atomic E-state index is 13.8. The number of ketones is 1. The molecular formula is C28H34N4O4. The topological polar surface area (TPSA) is 119 Å². The van der Waals surface area contributed by atoms with E-state index < -0.39 is 17.9 Å². The molecular weight excluding hydrogens is 456 g/mol. The highest BCUT2D eigenvalue weighted by Crippen LogP contribution is 2.24. The number of nitrogens with zero attached hydrogens (tertiary/aromatic N) is 2. The Morgan fingerprint density at radius 2 is 1.64 bits per heavy atom. The van der Waals surface area contributed by atoms with Crippen LogP contribution in [0.25, 0.3) is 11.5 Å². The summed E-state index contributed by atoms with van der Waals surface area (Å²) in [7, 11) is 3.78. The summed E-state index contributed by atoms with van der Waals surface area (Å²) in [6, 6.07) is 18.4. The van der Waals surface area contributed by atoms with E-state index in [4.69, 9.17) is 10.2 Å². The second-order valence-electron chi connectivity index (χ2n) is 9.25. The van der Waals surface area contributed by atoms with Crippen molar-refractivity contribution in [3.8, 4) is 11.5 Å². The van der Waals surface area contributed by atoms with Gasteiger partial charge in [0.15, 0.2) is 5.76 Å². The minimum absolute atomic E-state index is 0.0927. The summed E-state index contributed by atoms with van der Waals surface area (Å²) >= 11 is 0. The number of hydrogen-bond donors (Lipinski definition) is 2. The monoisotopic (exact) mass is 490 g/mol. The molecule has 190 valence electrons. The van der Waals surface area contributed by atoms with E-state index in [9.17, 15) is 14.4 Å². The quantitative estimate of drug-likeness (QED) is 0.353. The molecule has 0 aliphatic heterocycles. The van der Waals surface area contributed by atoms with Gasteiger partial charge in [0.05, 0.1) is 6.04 Å². The molecule has 3 rings (SSSR count). The average Bonchev–Trinajstić information content (AvgIpc) is 3.28. The van der Waals surface area contributed by atoms with Crippen molar-refractivity contribution in [3.63, 3.8) is 0 Å². The normalized spacial score (nSPS) is 12.8. The molecule has 1 heterocycles. The standard InChI is InChI=1S/C28H34N4O4/c1-19(27(29)35)14-17-24(33)30-22(16-15-20-10-6-4-7-11-20)25(34)26-23(18-32(2)3)31-28(36-26)21-12-8-5-9-13-21/h4-13,19,22H,14-18H2,1-3H3,(H2,29,35)(H,30,33). The van der Waals surface area contributed by atoms with E-state index in [2.05, 4.69) is 10.3 Å². The van der Waals surface area contributed by atoms with Gasteiger partial charge in [0.1, 0.15) is 5.69 Å². The van der Waals surface area contributed by atoms with Gasteiger partial charge < -0.3 is 20.4 Å². The van der Waals surface area contributed by atoms with E-state index in [1.807, 2.05) is 79.7 Å². The molecule has 2 unspecified atom stereocenters. The Kier molecular flexibility index (Phi) is 9.53. The van der Waals surface area contributed by atoms with E-state index in [0.717, 1.165) is 11.1 Å². The van der Waals surface area contributed by atoms with Gasteiger partial charge in [-0.1, -0.05) is 55.5 Å². The molecule has 8 heteroatoms. The third kappa shape index (κ3) is 7.61. The molecule has 3 aromatic rings. The Hall–Kier alpha value is -3.78. The van der Waals surface area contributed by atoms with Gasteiger partial charge >= 0.3 is 0 Å². The molecule has 2 amide bonds. The van der Waals surface area contributed by atoms with Crippen molar-refractivity contribution < 1.29 is 18.8 Å². The molecule has 0 aliphatic rings. The van der Waals surface area contributed by atoms with Crippen molar-refractivity contribution in [2.75, 3.05) is 14.1 Å². The number of Topliss-reactive ketones (excluding diaryl/α,β-unsaturated/α-hetero) is 1. The molecule has 3 N–H and O–H groups in total. The fourth-order valence-electron chi connectivity index (χ4n) is 3.79. The highest BCUT2D eigenvalue weighted by Gasteiger charge is 2.29. The first-order chi connectivity index (χ1) is 17.2. The first-order valence-corrected chi connectivity index (χ1v) is 12.1. The number of primary amides is 1. The molecule has 0 bridgehead atoms. The van der Waals surface area contributed by atoms with Gasteiger partial charge in [0, 0.05) is 24.4 Å². The summed E-state index contributed by atoms with van der Waals surface area (Å²) in [5.74, 6) is -1.02. The number of carbonyl (C=O) groups excluding carboxylic acids is 3. The van der Waals surface area contributed by atoms with Gasteiger partial charge in [0.2, 0.25) is 23.5 Å². The van der Waals surface area contributed by atoms with Gasteiger partial charge in [-0.2, -0.15) is 0 Å². The minimum Gasteiger partial charge on any atom is -0.433 e. The number of amides is 2. The zero-order valence-electron chi connectivity index (χ0n) is 21.1. The van der Waals surface area contributed by atoms with Crippen LogP contribution in [-0.4, -0.2) is 47.6 Å². The van der Waals surface area contributed by atoms with Crippen LogP contribution in [0, 0.1) is 5.92 Å². The fraction of sp³-hybridized carbons (Fsp3) is 0.357. The lowest BCUT2D eigenvalue weighted by Gasteiger charge is -2.18. The Morgan fingerprint density at radius 3 is 2.25 bits per heavy atom. The van der Waals surface area contributed by atoms with Crippen molar-refractivity contribution in [3.05, 3.63) is 77.7 Å². The Morgan fingerprint density at radius 1 is 1.00 bits per heavy atom. The Bertz CT molecular complexity index is 1160. The average molecular weight is 491 g/mol. The molecule has 0 aliphatic carbocycles. The predicted molar refractivity (Wildman–Crippen MR) is 138 cm³/mol. The van der Waals surface area contributed by atoms with E-state index in [1.165, 1.54) is 0 Å². The fourth-order valence-corrected chi connectivity index (χ4v) is 3.79. The van der Waals surface area contributed by atoms with Crippen LogP contribution in [0.2, 0.25) is 0 Å². The Labute approximate surface area is 211 Å². The summed E-state index contributed by atoms with van der Waals surface area (Å²) < 4.78 is 6.01. The number of aromatic nitrogens is 1. The van der Waals surface area contributed by atoms with Gasteiger partial charge in [-0.05, 0) is 51.1 Å². The van der Waals surface area contributed by atoms with Crippen molar-refractivity contribution in [1.29, 1.82) is 0 Å². The van der Waals surface area contributed by atoms with Crippen molar-refractivity contribution in [2.24, 2.45) is 11.7 Å². The number of nitrogens with two attached hydrogens (primary N) is 1. The van der Waals surface area contributed by atoms with E-state index in [0.29, 0.717) is 37.4 Å². The lowest BCUT2D eigenvalue weighted by molar-refractivity contribution is -0.123. The zero-order valence-corrected chi connectivity index (χ0v) is 21.1. The molecule has 0 spiro atoms. The molecule has 36 heavy (non-hydrogen) atoms. The van der Waals surface area contributed by atoms with Crippen LogP contribution in [0.4, 0.5) is 0 Å². The maximum atomic E-state index is 13.8. The largest absolute Gasteiger partial charge is 0.433 e. The SMILES string of the molecule is CC(CCC(=O)NC(CCc1ccccc1)C(=O)c1oc(-c2ccccc2)nc1CN(C)C)C(N)=O. The first kappa shape index (κ1) is 26.8. The van der Waals surface area contributed by atoms with Crippen LogP contribution in [0.15, 0.2) is 65.1 Å². The van der Waals surface area contributed by atoms with Crippen molar-refractivity contribution in [1.82, 2.24) is 15.2 Å². The number of benzene rings is 2. The molecule has 8 nitrogen and oxygen atoms in total. The predicted octanol–water partition coefficient (Wildman–Crippen LogP) is 3.61. The lowest BCUT2D eigenvalue weighted by atomic mass is 9.99. The van der Waals surface area contributed by atoms with Crippen LogP contribution < -0.4 is 11.1 Å². The number of oxazole rings is 1. The highest BCUT2D eigenvalue weighted by atomic mass is 16.4. The number of nitrogens with one attached hydrogen (secondary N) is 1. The molecule has 0 fully saturated rings. The third-order valence-electron chi connectivity index (χ3n) is 5.91. The number of rotatable bonds is 13. The van der Waals surface area contributed by atoms with Crippen LogP contribution in [0.3, 0.4) is 0 Å². The molecule has 1 aromatic heterocycles. The van der Waals surface area contributed by atoms with Gasteiger partial charge in [-0.15, -0.1) is 0 Å². The van der Waals surface area contributed by atoms with Crippen LogP contribution in [0.1, 0.15) is 48.0 Å². The van der Waals surface area contributed by atoms with E-state index in [-0.39, 0.29) is 23.9 Å². The van der Waals surface area contributed by atoms with Gasteiger partial charge in [0.25, 0.3) is 0 Å². The summed E-state index contributed by atoms with van der Waals surface area (Å²) in [5, 5.41) is 2.87. The molecule has 2 aromatic carbocycles. The summed E-state index contributed by atoms with van der Waals surface area (Å²) in [6.45, 7) is 2.09. The second kappa shape index (κ2) is 12.8. The highest BCUT2D eigenvalue weighted by molar-refractivity contribution is 6.01. The minimum atomic E-state index is -0.806. The molecule has 2 atom stereocenters. The third-order valence-corrected chi connectivity index (χ3v) is 5.91. The zero-order chi connectivity index (χ0) is 26.1. The van der Waals surface area contributed by atoms with E-state index >= 15 is 0 Å². The molecule has 0 radical (unpaired) electrons. The number of hydrogen-bond acceptors (Lipinski definition) is 6. The summed E-state index contributed by atoms with van der Waals surface area (Å²) in [6.07, 6.45) is 1.39. The number of carbonyl (C=O) groups is 3. The maximum Gasteiger partial charge on any atom is 0.227 e. The first-order valence-electron chi connectivity index (χ1n) is 12.1. The van der Waals surface area contributed by atoms with Gasteiger partial charge in [-0.3, -0.25) is 14.4 Å². The summed E-state index contributed by atoms with van der Waals surface area (Å²) in [5.41, 5.74) is 7.66. The van der Waals surface area contributed by atoms with Crippen molar-refractivity contribution >= 4 is 17.6 Å². The van der Waals surface area contributed by atoms with E-state index in [1.54, 1.807) is 6.92 Å². The molecule has 0 saturated carbocycles. The smallest absolute Gasteiger partial charge is 0.227 e. The Balaban J connectivity index is 1.86. The molecule has 0 saturated heterocycles. The van der Waals surface area contributed by atoms with Crippen LogP contribution in [-0.2, 0) is 22.6 Å².